The molecule has 0 saturated carbocycles. The minimum Gasteiger partial charge on any atom is -0.484 e. The van der Waals surface area contributed by atoms with Crippen molar-refractivity contribution in [3.8, 4) is 5.75 Å². The molecule has 1 aliphatic heterocycles. The zero-order chi connectivity index (χ0) is 17.6. The summed E-state index contributed by atoms with van der Waals surface area (Å²) in [5, 5.41) is 0.428. The van der Waals surface area contributed by atoms with Crippen molar-refractivity contribution in [1.29, 1.82) is 0 Å². The number of aryl methyl sites for hydroxylation is 1. The van der Waals surface area contributed by atoms with Gasteiger partial charge in [-0.2, -0.15) is 11.8 Å². The van der Waals surface area contributed by atoms with E-state index in [1.807, 2.05) is 16.7 Å². The Balaban J connectivity index is 1.54. The molecule has 1 amide bonds. The lowest BCUT2D eigenvalue weighted by molar-refractivity contribution is -0.133. The van der Waals surface area contributed by atoms with Crippen molar-refractivity contribution in [3.63, 3.8) is 0 Å². The molecule has 0 bridgehead atoms. The molecule has 0 radical (unpaired) electrons. The Kier molecular flexibility index (Phi) is 5.97. The minimum absolute atomic E-state index is 0.00860. The fourth-order valence-corrected chi connectivity index (χ4v) is 4.31. The van der Waals surface area contributed by atoms with Gasteiger partial charge in [-0.3, -0.25) is 4.79 Å². The van der Waals surface area contributed by atoms with Crippen LogP contribution in [-0.2, 0) is 4.79 Å². The molecular weight excluding hydrogens is 337 g/mol. The SMILES string of the molecule is Cc1ccccc1C1CCN(C(=O)COc2ccc(F)cc2)CCS1. The van der Waals surface area contributed by atoms with E-state index in [4.69, 9.17) is 4.74 Å². The van der Waals surface area contributed by atoms with Gasteiger partial charge in [0.1, 0.15) is 11.6 Å². The standard InChI is InChI=1S/C20H22FNO2S/c1-15-4-2-3-5-18(15)19-10-11-22(12-13-25-19)20(23)14-24-17-8-6-16(21)7-9-17/h2-9,19H,10-14H2,1H3. The molecule has 1 atom stereocenters. The van der Waals surface area contributed by atoms with Crippen molar-refractivity contribution in [2.45, 2.75) is 18.6 Å². The largest absolute Gasteiger partial charge is 0.484 e. The predicted octanol–water partition coefficient (Wildman–Crippen LogP) is 4.22. The van der Waals surface area contributed by atoms with Crippen LogP contribution in [0.25, 0.3) is 0 Å². The maximum Gasteiger partial charge on any atom is 0.260 e. The first kappa shape index (κ1) is 17.8. The molecule has 0 aromatic heterocycles. The third kappa shape index (κ3) is 4.75. The van der Waals surface area contributed by atoms with Crippen molar-refractivity contribution < 1.29 is 13.9 Å². The van der Waals surface area contributed by atoms with E-state index in [9.17, 15) is 9.18 Å². The maximum atomic E-state index is 12.9. The predicted molar refractivity (Wildman–Crippen MR) is 99.5 cm³/mol. The van der Waals surface area contributed by atoms with Crippen LogP contribution in [0.5, 0.6) is 5.75 Å². The topological polar surface area (TPSA) is 29.5 Å². The Morgan fingerprint density at radius 1 is 1.20 bits per heavy atom. The van der Waals surface area contributed by atoms with E-state index < -0.39 is 0 Å². The van der Waals surface area contributed by atoms with Crippen LogP contribution < -0.4 is 4.74 Å². The van der Waals surface area contributed by atoms with Crippen molar-refractivity contribution in [1.82, 2.24) is 4.90 Å². The molecule has 1 saturated heterocycles. The number of carbonyl (C=O) groups is 1. The molecule has 132 valence electrons. The highest BCUT2D eigenvalue weighted by Crippen LogP contribution is 2.35. The highest BCUT2D eigenvalue weighted by atomic mass is 32.2. The Bertz CT molecular complexity index is 720. The Labute approximate surface area is 152 Å². The number of ether oxygens (including phenoxy) is 1. The first-order valence-corrected chi connectivity index (χ1v) is 9.51. The maximum absolute atomic E-state index is 12.9. The van der Waals surface area contributed by atoms with Gasteiger partial charge < -0.3 is 9.64 Å². The smallest absolute Gasteiger partial charge is 0.260 e. The van der Waals surface area contributed by atoms with E-state index in [0.717, 1.165) is 25.3 Å². The van der Waals surface area contributed by atoms with Crippen LogP contribution in [-0.4, -0.2) is 36.3 Å². The van der Waals surface area contributed by atoms with Crippen LogP contribution >= 0.6 is 11.8 Å². The average molecular weight is 359 g/mol. The van der Waals surface area contributed by atoms with Gasteiger partial charge in [-0.15, -0.1) is 0 Å². The van der Waals surface area contributed by atoms with Crippen molar-refractivity contribution in [3.05, 3.63) is 65.5 Å². The van der Waals surface area contributed by atoms with Gasteiger partial charge in [0.2, 0.25) is 0 Å². The summed E-state index contributed by atoms with van der Waals surface area (Å²) in [7, 11) is 0. The summed E-state index contributed by atoms with van der Waals surface area (Å²) in [6.07, 6.45) is 0.942. The molecule has 0 N–H and O–H groups in total. The minimum atomic E-state index is -0.314. The molecule has 2 aromatic rings. The fourth-order valence-electron chi connectivity index (χ4n) is 2.98. The number of benzene rings is 2. The summed E-state index contributed by atoms with van der Waals surface area (Å²) < 4.78 is 18.4. The van der Waals surface area contributed by atoms with Crippen molar-refractivity contribution in [2.24, 2.45) is 0 Å². The zero-order valence-electron chi connectivity index (χ0n) is 14.3. The van der Waals surface area contributed by atoms with Gasteiger partial charge >= 0.3 is 0 Å². The van der Waals surface area contributed by atoms with Crippen LogP contribution in [0.4, 0.5) is 4.39 Å². The Morgan fingerprint density at radius 2 is 1.96 bits per heavy atom. The monoisotopic (exact) mass is 359 g/mol. The molecule has 3 nitrogen and oxygen atoms in total. The number of halogens is 1. The number of rotatable bonds is 4. The van der Waals surface area contributed by atoms with E-state index >= 15 is 0 Å². The molecule has 25 heavy (non-hydrogen) atoms. The highest BCUT2D eigenvalue weighted by Gasteiger charge is 2.23. The number of amides is 1. The lowest BCUT2D eigenvalue weighted by Gasteiger charge is -2.20. The summed E-state index contributed by atoms with van der Waals surface area (Å²) >= 11 is 1.91. The highest BCUT2D eigenvalue weighted by molar-refractivity contribution is 7.99. The molecular formula is C20H22FNO2S. The summed E-state index contributed by atoms with van der Waals surface area (Å²) in [6, 6.07) is 14.2. The van der Waals surface area contributed by atoms with Crippen molar-refractivity contribution >= 4 is 17.7 Å². The van der Waals surface area contributed by atoms with E-state index in [0.29, 0.717) is 11.0 Å². The van der Waals surface area contributed by atoms with Gasteiger partial charge in [0.15, 0.2) is 6.61 Å². The second kappa shape index (κ2) is 8.39. The average Bonchev–Trinajstić information content (AvgIpc) is 2.87. The number of hydrogen-bond acceptors (Lipinski definition) is 3. The van der Waals surface area contributed by atoms with Gasteiger partial charge in [-0.1, -0.05) is 24.3 Å². The van der Waals surface area contributed by atoms with Gasteiger partial charge in [-0.05, 0) is 48.7 Å². The lowest BCUT2D eigenvalue weighted by atomic mass is 10.0. The molecule has 1 heterocycles. The molecule has 0 aliphatic carbocycles. The lowest BCUT2D eigenvalue weighted by Crippen LogP contribution is -2.36. The third-order valence-electron chi connectivity index (χ3n) is 4.41. The van der Waals surface area contributed by atoms with E-state index in [-0.39, 0.29) is 18.3 Å². The van der Waals surface area contributed by atoms with Gasteiger partial charge in [-0.25, -0.2) is 4.39 Å². The Hall–Kier alpha value is -2.01. The van der Waals surface area contributed by atoms with Gasteiger partial charge in [0.25, 0.3) is 5.91 Å². The first-order chi connectivity index (χ1) is 12.1. The van der Waals surface area contributed by atoms with Crippen LogP contribution in [0.15, 0.2) is 48.5 Å². The summed E-state index contributed by atoms with van der Waals surface area (Å²) in [4.78, 5) is 14.3. The molecule has 0 spiro atoms. The van der Waals surface area contributed by atoms with Crippen LogP contribution in [0.1, 0.15) is 22.8 Å². The second-order valence-corrected chi connectivity index (χ2v) is 7.44. The summed E-state index contributed by atoms with van der Waals surface area (Å²) in [6.45, 7) is 3.60. The van der Waals surface area contributed by atoms with E-state index in [2.05, 4.69) is 31.2 Å². The zero-order valence-corrected chi connectivity index (χ0v) is 15.1. The second-order valence-electron chi connectivity index (χ2n) is 6.13. The number of nitrogens with zero attached hydrogens (tertiary/aromatic N) is 1. The number of hydrogen-bond donors (Lipinski definition) is 0. The molecule has 5 heteroatoms. The Morgan fingerprint density at radius 3 is 2.72 bits per heavy atom. The molecule has 2 aromatic carbocycles. The van der Waals surface area contributed by atoms with Gasteiger partial charge in [0.05, 0.1) is 0 Å². The summed E-state index contributed by atoms with van der Waals surface area (Å²) in [5.41, 5.74) is 2.67. The molecule has 3 rings (SSSR count). The number of thioether (sulfide) groups is 1. The molecule has 1 fully saturated rings. The van der Waals surface area contributed by atoms with Crippen LogP contribution in [0.2, 0.25) is 0 Å². The normalized spacial score (nSPS) is 17.8. The fraction of sp³-hybridized carbons (Fsp3) is 0.350. The van der Waals surface area contributed by atoms with E-state index in [1.165, 1.54) is 35.4 Å². The number of carbonyl (C=O) groups excluding carboxylic acids is 1. The molecule has 1 aliphatic rings. The van der Waals surface area contributed by atoms with E-state index in [1.54, 1.807) is 0 Å². The van der Waals surface area contributed by atoms with Gasteiger partial charge in [0, 0.05) is 24.1 Å². The van der Waals surface area contributed by atoms with Crippen LogP contribution in [0, 0.1) is 12.7 Å². The third-order valence-corrected chi connectivity index (χ3v) is 5.72. The van der Waals surface area contributed by atoms with Crippen molar-refractivity contribution in [2.75, 3.05) is 25.4 Å². The quantitative estimate of drug-likeness (QED) is 0.819. The van der Waals surface area contributed by atoms with Crippen LogP contribution in [0.3, 0.4) is 0 Å². The summed E-state index contributed by atoms with van der Waals surface area (Å²) in [5.74, 6) is 1.10. The first-order valence-electron chi connectivity index (χ1n) is 8.47. The molecule has 1 unspecified atom stereocenters.